The Morgan fingerprint density at radius 3 is 2.07 bits per heavy atom. The van der Waals surface area contributed by atoms with Gasteiger partial charge in [0.05, 0.1) is 19.5 Å². The number of amides is 1. The van der Waals surface area contributed by atoms with Gasteiger partial charge >= 0.3 is 0 Å². The molecule has 30 heavy (non-hydrogen) atoms. The number of aliphatic imine (C=N–C) groups is 1. The number of likely N-dealkylation sites (N-methyl/N-ethyl adjacent to an activating group) is 1. The van der Waals surface area contributed by atoms with Crippen LogP contribution in [0.4, 0.5) is 0 Å². The highest BCUT2D eigenvalue weighted by atomic mass is 16.1. The number of amidine groups is 1. The Morgan fingerprint density at radius 1 is 0.967 bits per heavy atom. The van der Waals surface area contributed by atoms with E-state index in [1.807, 2.05) is 0 Å². The summed E-state index contributed by atoms with van der Waals surface area (Å²) in [4.78, 5) is 16.3. The highest BCUT2D eigenvalue weighted by molar-refractivity contribution is 5.79. The van der Waals surface area contributed by atoms with Gasteiger partial charge in [-0.2, -0.15) is 0 Å². The van der Waals surface area contributed by atoms with E-state index < -0.39 is 0 Å². The van der Waals surface area contributed by atoms with Crippen LogP contribution in [0.5, 0.6) is 0 Å². The van der Waals surface area contributed by atoms with Gasteiger partial charge in [0.1, 0.15) is 6.54 Å². The lowest BCUT2D eigenvalue weighted by atomic mass is 10.0. The molecule has 0 radical (unpaired) electrons. The first-order valence-corrected chi connectivity index (χ1v) is 12.9. The number of rotatable bonds is 18. The van der Waals surface area contributed by atoms with Crippen molar-refractivity contribution in [1.29, 1.82) is 0 Å². The molecule has 0 saturated heterocycles. The number of hydrogen-bond donors (Lipinski definition) is 1. The minimum Gasteiger partial charge on any atom is -0.307 e. The summed E-state index contributed by atoms with van der Waals surface area (Å²) in [5, 5.41) is 3.09. The zero-order valence-corrected chi connectivity index (χ0v) is 20.6. The van der Waals surface area contributed by atoms with Crippen molar-refractivity contribution in [3.8, 4) is 0 Å². The van der Waals surface area contributed by atoms with Crippen LogP contribution in [0.3, 0.4) is 0 Å². The molecule has 0 spiro atoms. The maximum Gasteiger partial charge on any atom is 0.221 e. The Kier molecular flexibility index (Phi) is 14.8. The number of nitrogens with zero attached hydrogens (tertiary/aromatic N) is 2. The molecule has 2 atom stereocenters. The standard InChI is InChI=1S/C26H49N3O/c1-5-7-8-9-10-11-12-13-14-15-16-17-18-19-20-21-26-27-22-23-29(26,6-2)24(3)28-25(4)30/h19-20,24H,5-18,21-23H2,1-4H3/p+1/b20-19+. The Balaban J connectivity index is 2.10. The molecule has 4 nitrogen and oxygen atoms in total. The third-order valence-electron chi connectivity index (χ3n) is 6.72. The average Bonchev–Trinajstić information content (AvgIpc) is 3.14. The lowest BCUT2D eigenvalue weighted by Crippen LogP contribution is -2.62. The SMILES string of the molecule is CCCCCCCCCCCCCC/C=C/CC1=NCC[N+]1(CC)C(C)NC(C)=O. The number of carbonyl (C=O) groups is 1. The quantitative estimate of drug-likeness (QED) is 0.149. The van der Waals surface area contributed by atoms with Crippen LogP contribution >= 0.6 is 0 Å². The Bertz CT molecular complexity index is 514. The fraction of sp³-hybridized carbons (Fsp3) is 0.846. The summed E-state index contributed by atoms with van der Waals surface area (Å²) in [7, 11) is 0. The minimum atomic E-state index is 0.0437. The average molecular weight is 421 g/mol. The second-order valence-electron chi connectivity index (χ2n) is 9.10. The van der Waals surface area contributed by atoms with Gasteiger partial charge in [-0.1, -0.05) is 89.7 Å². The normalized spacial score (nSPS) is 19.9. The van der Waals surface area contributed by atoms with E-state index in [0.29, 0.717) is 0 Å². The van der Waals surface area contributed by atoms with E-state index in [9.17, 15) is 4.79 Å². The maximum absolute atomic E-state index is 11.5. The Labute approximate surface area is 187 Å². The van der Waals surface area contributed by atoms with Gasteiger partial charge in [0.25, 0.3) is 0 Å². The van der Waals surface area contributed by atoms with E-state index in [0.717, 1.165) is 30.5 Å². The third kappa shape index (κ3) is 10.2. The second kappa shape index (κ2) is 16.5. The molecule has 0 aromatic carbocycles. The van der Waals surface area contributed by atoms with Crippen LogP contribution in [0.2, 0.25) is 0 Å². The molecule has 1 heterocycles. The molecule has 0 aromatic heterocycles. The van der Waals surface area contributed by atoms with Crippen molar-refractivity contribution in [2.75, 3.05) is 19.6 Å². The molecule has 1 amide bonds. The van der Waals surface area contributed by atoms with Crippen molar-refractivity contribution in [3.63, 3.8) is 0 Å². The van der Waals surface area contributed by atoms with Crippen LogP contribution in [0.15, 0.2) is 17.1 Å². The first-order chi connectivity index (χ1) is 14.6. The molecule has 1 N–H and O–H groups in total. The summed E-state index contributed by atoms with van der Waals surface area (Å²) >= 11 is 0. The van der Waals surface area contributed by atoms with Gasteiger partial charge in [-0.25, -0.2) is 4.99 Å². The minimum absolute atomic E-state index is 0.0437. The summed E-state index contributed by atoms with van der Waals surface area (Å²) in [6, 6.07) is 0. The molecule has 0 aliphatic carbocycles. The largest absolute Gasteiger partial charge is 0.307 e. The number of unbranched alkanes of at least 4 members (excludes halogenated alkanes) is 12. The zero-order chi connectivity index (χ0) is 22.1. The van der Waals surface area contributed by atoms with E-state index in [1.54, 1.807) is 6.92 Å². The summed E-state index contributed by atoms with van der Waals surface area (Å²) in [6.07, 6.45) is 23.7. The van der Waals surface area contributed by atoms with Crippen molar-refractivity contribution in [2.24, 2.45) is 4.99 Å². The van der Waals surface area contributed by atoms with Crippen molar-refractivity contribution in [1.82, 2.24) is 5.32 Å². The molecule has 0 aromatic rings. The van der Waals surface area contributed by atoms with Gasteiger partial charge in [0.2, 0.25) is 11.7 Å². The summed E-state index contributed by atoms with van der Waals surface area (Å²) in [6.45, 7) is 11.1. The molecule has 4 heteroatoms. The van der Waals surface area contributed by atoms with Crippen LogP contribution in [-0.4, -0.2) is 42.0 Å². The first kappa shape index (κ1) is 26.9. The number of carbonyl (C=O) groups excluding carboxylic acids is 1. The highest BCUT2D eigenvalue weighted by Crippen LogP contribution is 2.21. The fourth-order valence-corrected chi connectivity index (χ4v) is 4.73. The van der Waals surface area contributed by atoms with Crippen molar-refractivity contribution in [3.05, 3.63) is 12.2 Å². The molecule has 2 unspecified atom stereocenters. The molecular formula is C26H50N3O+. The topological polar surface area (TPSA) is 41.5 Å². The van der Waals surface area contributed by atoms with Gasteiger partial charge in [0.15, 0.2) is 6.17 Å². The van der Waals surface area contributed by atoms with Crippen molar-refractivity contribution >= 4 is 11.7 Å². The van der Waals surface area contributed by atoms with Crippen molar-refractivity contribution < 1.29 is 9.28 Å². The predicted molar refractivity (Wildman–Crippen MR) is 131 cm³/mol. The fourth-order valence-electron chi connectivity index (χ4n) is 4.73. The molecular weight excluding hydrogens is 370 g/mol. The second-order valence-corrected chi connectivity index (χ2v) is 9.10. The Hall–Kier alpha value is -1.16. The molecule has 0 bridgehead atoms. The van der Waals surface area contributed by atoms with E-state index in [4.69, 9.17) is 4.99 Å². The van der Waals surface area contributed by atoms with Crippen LogP contribution < -0.4 is 5.32 Å². The van der Waals surface area contributed by atoms with Gasteiger partial charge < -0.3 is 5.32 Å². The smallest absolute Gasteiger partial charge is 0.221 e. The van der Waals surface area contributed by atoms with E-state index in [-0.39, 0.29) is 12.1 Å². The molecule has 1 aliphatic heterocycles. The zero-order valence-electron chi connectivity index (χ0n) is 20.6. The molecule has 1 aliphatic rings. The molecule has 0 saturated carbocycles. The number of nitrogens with one attached hydrogen (secondary N) is 1. The van der Waals surface area contributed by atoms with Crippen LogP contribution in [0.1, 0.15) is 118 Å². The number of allylic oxidation sites excluding steroid dienone is 1. The molecule has 0 fully saturated rings. The van der Waals surface area contributed by atoms with Crippen LogP contribution in [0, 0.1) is 0 Å². The molecule has 1 rings (SSSR count). The van der Waals surface area contributed by atoms with Gasteiger partial charge in [-0.15, -0.1) is 0 Å². The monoisotopic (exact) mass is 420 g/mol. The number of hydrogen-bond acceptors (Lipinski definition) is 2. The summed E-state index contributed by atoms with van der Waals surface area (Å²) in [5.74, 6) is 1.27. The van der Waals surface area contributed by atoms with E-state index >= 15 is 0 Å². The predicted octanol–water partition coefficient (Wildman–Crippen LogP) is 6.75. The lowest BCUT2D eigenvalue weighted by Gasteiger charge is -2.39. The summed E-state index contributed by atoms with van der Waals surface area (Å²) < 4.78 is 0.808. The number of quaternary nitrogens is 1. The van der Waals surface area contributed by atoms with Gasteiger partial charge in [-0.05, 0) is 19.8 Å². The van der Waals surface area contributed by atoms with Gasteiger partial charge in [-0.3, -0.25) is 9.28 Å². The van der Waals surface area contributed by atoms with Crippen LogP contribution in [-0.2, 0) is 4.79 Å². The van der Waals surface area contributed by atoms with Crippen molar-refractivity contribution in [2.45, 2.75) is 124 Å². The van der Waals surface area contributed by atoms with Crippen LogP contribution in [0.25, 0.3) is 0 Å². The highest BCUT2D eigenvalue weighted by Gasteiger charge is 2.41. The van der Waals surface area contributed by atoms with Gasteiger partial charge in [0, 0.05) is 13.8 Å². The van der Waals surface area contributed by atoms with E-state index in [2.05, 4.69) is 38.2 Å². The Morgan fingerprint density at radius 2 is 1.53 bits per heavy atom. The third-order valence-corrected chi connectivity index (χ3v) is 6.72. The molecule has 174 valence electrons. The lowest BCUT2D eigenvalue weighted by molar-refractivity contribution is -0.861. The van der Waals surface area contributed by atoms with E-state index in [1.165, 1.54) is 89.3 Å². The maximum atomic E-state index is 11.5. The first-order valence-electron chi connectivity index (χ1n) is 12.9. The summed E-state index contributed by atoms with van der Waals surface area (Å²) in [5.41, 5.74) is 0.